The Morgan fingerprint density at radius 1 is 1.15 bits per heavy atom. The lowest BCUT2D eigenvalue weighted by atomic mass is 10.3. The van der Waals surface area contributed by atoms with Crippen molar-refractivity contribution in [1.82, 2.24) is 9.61 Å². The Kier molecular flexibility index (Phi) is 3.34. The fourth-order valence-corrected chi connectivity index (χ4v) is 2.28. The minimum atomic E-state index is -0.321. The lowest BCUT2D eigenvalue weighted by Gasteiger charge is -2.05. The molecule has 0 aliphatic heterocycles. The first-order chi connectivity index (χ1) is 9.63. The number of anilines is 1. The predicted molar refractivity (Wildman–Crippen MR) is 79.6 cm³/mol. The molecule has 4 nitrogen and oxygen atoms in total. The lowest BCUT2D eigenvalue weighted by molar-refractivity contribution is 0.102. The highest BCUT2D eigenvalue weighted by Crippen LogP contribution is 2.25. The van der Waals surface area contributed by atoms with Crippen LogP contribution >= 0.6 is 23.2 Å². The van der Waals surface area contributed by atoms with E-state index < -0.39 is 0 Å². The zero-order chi connectivity index (χ0) is 14.1. The molecule has 0 bridgehead atoms. The number of pyridine rings is 1. The molecule has 1 aromatic carbocycles. The first-order valence-electron chi connectivity index (χ1n) is 5.84. The SMILES string of the molecule is O=C(Nc1ccc(Cl)cc1Cl)c1cc2ccccn2n1. The van der Waals surface area contributed by atoms with Gasteiger partial charge in [-0.1, -0.05) is 29.3 Å². The van der Waals surface area contributed by atoms with Crippen LogP contribution in [0.5, 0.6) is 0 Å². The number of hydrogen-bond acceptors (Lipinski definition) is 2. The van der Waals surface area contributed by atoms with E-state index in [-0.39, 0.29) is 5.91 Å². The van der Waals surface area contributed by atoms with Crippen LogP contribution in [0.1, 0.15) is 10.5 Å². The van der Waals surface area contributed by atoms with Gasteiger partial charge in [0.25, 0.3) is 5.91 Å². The van der Waals surface area contributed by atoms with E-state index in [0.717, 1.165) is 5.52 Å². The summed E-state index contributed by atoms with van der Waals surface area (Å²) in [6, 6.07) is 12.2. The quantitative estimate of drug-likeness (QED) is 0.780. The number of nitrogens with zero attached hydrogens (tertiary/aromatic N) is 2. The molecule has 0 aliphatic carbocycles. The second-order valence-electron chi connectivity index (χ2n) is 4.18. The fourth-order valence-electron chi connectivity index (χ4n) is 1.83. The zero-order valence-electron chi connectivity index (χ0n) is 10.2. The van der Waals surface area contributed by atoms with Crippen LogP contribution in [-0.4, -0.2) is 15.5 Å². The maximum Gasteiger partial charge on any atom is 0.276 e. The smallest absolute Gasteiger partial charge is 0.276 e. The third-order valence-electron chi connectivity index (χ3n) is 2.78. The molecule has 0 radical (unpaired) electrons. The maximum atomic E-state index is 12.1. The molecule has 2 heterocycles. The van der Waals surface area contributed by atoms with Crippen molar-refractivity contribution in [1.29, 1.82) is 0 Å². The number of halogens is 2. The van der Waals surface area contributed by atoms with Gasteiger partial charge >= 0.3 is 0 Å². The van der Waals surface area contributed by atoms with Crippen LogP contribution < -0.4 is 5.32 Å². The number of benzene rings is 1. The monoisotopic (exact) mass is 305 g/mol. The van der Waals surface area contributed by atoms with E-state index in [1.165, 1.54) is 0 Å². The standard InChI is InChI=1S/C14H9Cl2N3O/c15-9-4-5-12(11(16)7-9)17-14(20)13-8-10-3-1-2-6-19(10)18-13/h1-8H,(H,17,20). The molecule has 0 atom stereocenters. The Morgan fingerprint density at radius 2 is 2.00 bits per heavy atom. The van der Waals surface area contributed by atoms with Crippen LogP contribution in [0.25, 0.3) is 5.52 Å². The van der Waals surface area contributed by atoms with E-state index >= 15 is 0 Å². The van der Waals surface area contributed by atoms with Crippen molar-refractivity contribution in [2.24, 2.45) is 0 Å². The molecule has 3 aromatic rings. The van der Waals surface area contributed by atoms with Crippen molar-refractivity contribution >= 4 is 40.3 Å². The van der Waals surface area contributed by atoms with E-state index in [1.807, 2.05) is 18.2 Å². The summed E-state index contributed by atoms with van der Waals surface area (Å²) in [5, 5.41) is 7.80. The van der Waals surface area contributed by atoms with Crippen molar-refractivity contribution in [2.75, 3.05) is 5.32 Å². The van der Waals surface area contributed by atoms with Gasteiger partial charge in [0.2, 0.25) is 0 Å². The van der Waals surface area contributed by atoms with E-state index in [4.69, 9.17) is 23.2 Å². The average molecular weight is 306 g/mol. The molecule has 0 saturated heterocycles. The first kappa shape index (κ1) is 13.0. The third-order valence-corrected chi connectivity index (χ3v) is 3.33. The molecule has 0 aliphatic rings. The van der Waals surface area contributed by atoms with Crippen molar-refractivity contribution < 1.29 is 4.79 Å². The number of nitrogens with one attached hydrogen (secondary N) is 1. The second kappa shape index (κ2) is 5.15. The third kappa shape index (κ3) is 2.48. The number of carbonyl (C=O) groups excluding carboxylic acids is 1. The van der Waals surface area contributed by atoms with Crippen LogP contribution in [0.3, 0.4) is 0 Å². The number of aromatic nitrogens is 2. The first-order valence-corrected chi connectivity index (χ1v) is 6.60. The number of hydrogen-bond donors (Lipinski definition) is 1. The summed E-state index contributed by atoms with van der Waals surface area (Å²) in [6.07, 6.45) is 1.78. The van der Waals surface area contributed by atoms with Gasteiger partial charge in [-0.25, -0.2) is 4.52 Å². The largest absolute Gasteiger partial charge is 0.319 e. The Bertz CT molecular complexity index is 765. The molecule has 6 heteroatoms. The number of carbonyl (C=O) groups is 1. The summed E-state index contributed by atoms with van der Waals surface area (Å²) < 4.78 is 1.64. The molecule has 20 heavy (non-hydrogen) atoms. The molecule has 0 spiro atoms. The second-order valence-corrected chi connectivity index (χ2v) is 5.02. The number of fused-ring (bicyclic) bond motifs is 1. The normalized spacial score (nSPS) is 10.7. The van der Waals surface area contributed by atoms with Gasteiger partial charge in [-0.2, -0.15) is 5.10 Å². The molecule has 0 fully saturated rings. The molecule has 3 rings (SSSR count). The van der Waals surface area contributed by atoms with Crippen molar-refractivity contribution in [2.45, 2.75) is 0 Å². The van der Waals surface area contributed by atoms with Gasteiger partial charge in [0.15, 0.2) is 5.69 Å². The maximum absolute atomic E-state index is 12.1. The van der Waals surface area contributed by atoms with Gasteiger partial charge in [0.1, 0.15) is 0 Å². The Labute approximate surface area is 124 Å². The van der Waals surface area contributed by atoms with Crippen molar-refractivity contribution in [3.05, 3.63) is 64.4 Å². The van der Waals surface area contributed by atoms with Gasteiger partial charge in [-0.3, -0.25) is 4.79 Å². The summed E-state index contributed by atoms with van der Waals surface area (Å²) in [5.41, 5.74) is 1.67. The molecular formula is C14H9Cl2N3O. The van der Waals surface area contributed by atoms with E-state index in [1.54, 1.807) is 35.0 Å². The molecule has 0 saturated carbocycles. The Hall–Kier alpha value is -2.04. The summed E-state index contributed by atoms with van der Waals surface area (Å²) >= 11 is 11.8. The van der Waals surface area contributed by atoms with Crippen LogP contribution in [0, 0.1) is 0 Å². The highest BCUT2D eigenvalue weighted by Gasteiger charge is 2.12. The van der Waals surface area contributed by atoms with Crippen LogP contribution in [0.15, 0.2) is 48.7 Å². The molecule has 1 N–H and O–H groups in total. The van der Waals surface area contributed by atoms with Gasteiger partial charge < -0.3 is 5.32 Å². The molecule has 1 amide bonds. The molecule has 2 aromatic heterocycles. The summed E-state index contributed by atoms with van der Waals surface area (Å²) in [6.45, 7) is 0. The average Bonchev–Trinajstić information content (AvgIpc) is 2.86. The number of amides is 1. The van der Waals surface area contributed by atoms with Crippen LogP contribution in [0.4, 0.5) is 5.69 Å². The Morgan fingerprint density at radius 3 is 2.75 bits per heavy atom. The van der Waals surface area contributed by atoms with Crippen LogP contribution in [-0.2, 0) is 0 Å². The van der Waals surface area contributed by atoms with E-state index in [0.29, 0.717) is 21.4 Å². The van der Waals surface area contributed by atoms with Crippen molar-refractivity contribution in [3.8, 4) is 0 Å². The highest BCUT2D eigenvalue weighted by molar-refractivity contribution is 6.36. The minimum absolute atomic E-state index is 0.321. The van der Waals surface area contributed by atoms with Gasteiger partial charge in [0.05, 0.1) is 16.2 Å². The molecular weight excluding hydrogens is 297 g/mol. The predicted octanol–water partition coefficient (Wildman–Crippen LogP) is 3.89. The molecule has 100 valence electrons. The van der Waals surface area contributed by atoms with Crippen molar-refractivity contribution in [3.63, 3.8) is 0 Å². The van der Waals surface area contributed by atoms with E-state index in [2.05, 4.69) is 10.4 Å². The zero-order valence-corrected chi connectivity index (χ0v) is 11.7. The summed E-state index contributed by atoms with van der Waals surface area (Å²) in [5.74, 6) is -0.321. The Balaban J connectivity index is 1.89. The fraction of sp³-hybridized carbons (Fsp3) is 0. The summed E-state index contributed by atoms with van der Waals surface area (Å²) in [4.78, 5) is 12.1. The topological polar surface area (TPSA) is 46.4 Å². The lowest BCUT2D eigenvalue weighted by Crippen LogP contribution is -2.12. The van der Waals surface area contributed by atoms with Crippen LogP contribution in [0.2, 0.25) is 10.0 Å². The van der Waals surface area contributed by atoms with Gasteiger partial charge in [-0.05, 0) is 36.4 Å². The highest BCUT2D eigenvalue weighted by atomic mass is 35.5. The number of rotatable bonds is 2. The molecule has 0 unspecified atom stereocenters. The van der Waals surface area contributed by atoms with Gasteiger partial charge in [-0.15, -0.1) is 0 Å². The van der Waals surface area contributed by atoms with E-state index in [9.17, 15) is 4.79 Å². The van der Waals surface area contributed by atoms with Gasteiger partial charge in [0, 0.05) is 11.2 Å². The minimum Gasteiger partial charge on any atom is -0.319 e. The summed E-state index contributed by atoms with van der Waals surface area (Å²) in [7, 11) is 0.